The molecule has 1 aliphatic heterocycles. The third kappa shape index (κ3) is 4.08. The van der Waals surface area contributed by atoms with E-state index in [2.05, 4.69) is 31.2 Å². The molecule has 3 nitrogen and oxygen atoms in total. The molecule has 0 amide bonds. The molecule has 2 bridgehead atoms. The van der Waals surface area contributed by atoms with Gasteiger partial charge < -0.3 is 14.2 Å². The van der Waals surface area contributed by atoms with Gasteiger partial charge in [-0.3, -0.25) is 0 Å². The van der Waals surface area contributed by atoms with Crippen molar-refractivity contribution in [2.24, 2.45) is 5.41 Å². The SMILES string of the molecule is CC=CCO[C@@H]1CO[C@@H](c2ccc(C34CCC(CCC)(CC3)CC4)cc2)CO1. The quantitative estimate of drug-likeness (QED) is 0.533. The molecule has 154 valence electrons. The van der Waals surface area contributed by atoms with Gasteiger partial charge in [-0.05, 0) is 73.8 Å². The Hall–Kier alpha value is -1.16. The third-order valence-electron chi connectivity index (χ3n) is 7.56. The lowest BCUT2D eigenvalue weighted by Crippen LogP contribution is -2.44. The summed E-state index contributed by atoms with van der Waals surface area (Å²) in [5.41, 5.74) is 3.88. The number of hydrogen-bond acceptors (Lipinski definition) is 3. The number of rotatable bonds is 7. The summed E-state index contributed by atoms with van der Waals surface area (Å²) < 4.78 is 17.5. The Morgan fingerprint density at radius 2 is 1.71 bits per heavy atom. The Bertz CT molecular complexity index is 630. The molecule has 3 saturated carbocycles. The summed E-state index contributed by atoms with van der Waals surface area (Å²) in [5, 5.41) is 0. The van der Waals surface area contributed by atoms with Crippen LogP contribution in [0.3, 0.4) is 0 Å². The molecule has 4 fully saturated rings. The maximum Gasteiger partial charge on any atom is 0.181 e. The average molecular weight is 385 g/mol. The van der Waals surface area contributed by atoms with Crippen LogP contribution in [0.15, 0.2) is 36.4 Å². The standard InChI is InChI=1S/C25H36O3/c1-3-5-17-26-23-19-27-22(18-28-23)20-6-8-21(9-7-20)25-14-11-24(10-4-2,12-15-25)13-16-25/h3,5-9,22-23H,4,10-19H2,1-2H3/t22-,23+,24?,25?/m1/s1. The zero-order chi connectivity index (χ0) is 19.5. The maximum absolute atomic E-state index is 6.02. The van der Waals surface area contributed by atoms with Crippen LogP contribution < -0.4 is 0 Å². The van der Waals surface area contributed by atoms with E-state index in [1.807, 2.05) is 19.1 Å². The van der Waals surface area contributed by atoms with Crippen molar-refractivity contribution < 1.29 is 14.2 Å². The molecule has 0 N–H and O–H groups in total. The van der Waals surface area contributed by atoms with Crippen LogP contribution in [0.2, 0.25) is 0 Å². The first-order chi connectivity index (χ1) is 13.7. The van der Waals surface area contributed by atoms with E-state index in [4.69, 9.17) is 14.2 Å². The second-order valence-electron chi connectivity index (χ2n) is 9.14. The van der Waals surface area contributed by atoms with Gasteiger partial charge in [-0.15, -0.1) is 0 Å². The highest BCUT2D eigenvalue weighted by Gasteiger charge is 2.48. The Kier molecular flexibility index (Phi) is 6.24. The highest BCUT2D eigenvalue weighted by Crippen LogP contribution is 2.59. The third-order valence-corrected chi connectivity index (χ3v) is 7.56. The van der Waals surface area contributed by atoms with Crippen LogP contribution in [-0.2, 0) is 19.6 Å². The molecule has 1 heterocycles. The van der Waals surface area contributed by atoms with Crippen LogP contribution >= 0.6 is 0 Å². The summed E-state index contributed by atoms with van der Waals surface area (Å²) in [6.07, 6.45) is 14.9. The van der Waals surface area contributed by atoms with Crippen LogP contribution in [0, 0.1) is 5.41 Å². The van der Waals surface area contributed by atoms with Gasteiger partial charge in [-0.25, -0.2) is 0 Å². The first-order valence-electron chi connectivity index (χ1n) is 11.3. The van der Waals surface area contributed by atoms with E-state index in [0.29, 0.717) is 30.7 Å². The van der Waals surface area contributed by atoms with Crippen molar-refractivity contribution in [3.63, 3.8) is 0 Å². The van der Waals surface area contributed by atoms with Crippen LogP contribution in [-0.4, -0.2) is 26.1 Å². The second-order valence-corrected chi connectivity index (χ2v) is 9.14. The predicted octanol–water partition coefficient (Wildman–Crippen LogP) is 6.09. The Labute approximate surface area is 170 Å². The molecule has 3 heteroatoms. The predicted molar refractivity (Wildman–Crippen MR) is 112 cm³/mol. The average Bonchev–Trinajstić information content (AvgIpc) is 2.76. The van der Waals surface area contributed by atoms with Crippen LogP contribution in [0.5, 0.6) is 0 Å². The van der Waals surface area contributed by atoms with Gasteiger partial charge in [0.25, 0.3) is 0 Å². The minimum absolute atomic E-state index is 0.0167. The van der Waals surface area contributed by atoms with Gasteiger partial charge in [0.1, 0.15) is 6.10 Å². The number of benzene rings is 1. The number of fused-ring (bicyclic) bond motifs is 3. The summed E-state index contributed by atoms with van der Waals surface area (Å²) in [5.74, 6) is 0. The van der Waals surface area contributed by atoms with E-state index >= 15 is 0 Å². The maximum atomic E-state index is 6.02. The van der Waals surface area contributed by atoms with Crippen LogP contribution in [0.25, 0.3) is 0 Å². The van der Waals surface area contributed by atoms with Crippen molar-refractivity contribution in [3.8, 4) is 0 Å². The van der Waals surface area contributed by atoms with Gasteiger partial charge in [0.15, 0.2) is 6.29 Å². The van der Waals surface area contributed by atoms with Gasteiger partial charge in [0, 0.05) is 0 Å². The summed E-state index contributed by atoms with van der Waals surface area (Å²) in [6, 6.07) is 9.26. The zero-order valence-electron chi connectivity index (χ0n) is 17.6. The molecule has 28 heavy (non-hydrogen) atoms. The highest BCUT2D eigenvalue weighted by molar-refractivity contribution is 5.32. The minimum atomic E-state index is -0.251. The van der Waals surface area contributed by atoms with E-state index in [-0.39, 0.29) is 12.4 Å². The molecule has 2 atom stereocenters. The fourth-order valence-corrected chi connectivity index (χ4v) is 5.69. The molecule has 3 aliphatic carbocycles. The fraction of sp³-hybridized carbons (Fsp3) is 0.680. The van der Waals surface area contributed by atoms with Crippen molar-refractivity contribution in [1.29, 1.82) is 0 Å². The van der Waals surface area contributed by atoms with E-state index in [1.54, 1.807) is 5.56 Å². The monoisotopic (exact) mass is 384 g/mol. The molecule has 4 aliphatic rings. The van der Waals surface area contributed by atoms with Gasteiger partial charge in [-0.1, -0.05) is 49.8 Å². The molecular weight excluding hydrogens is 348 g/mol. The van der Waals surface area contributed by atoms with Crippen LogP contribution in [0.4, 0.5) is 0 Å². The lowest BCUT2D eigenvalue weighted by atomic mass is 9.51. The normalized spacial score (nSPS) is 35.5. The first kappa shape index (κ1) is 20.1. The second kappa shape index (κ2) is 8.69. The molecule has 0 radical (unpaired) electrons. The van der Waals surface area contributed by atoms with Crippen molar-refractivity contribution in [3.05, 3.63) is 47.5 Å². The van der Waals surface area contributed by atoms with Gasteiger partial charge >= 0.3 is 0 Å². The van der Waals surface area contributed by atoms with E-state index in [0.717, 1.165) is 0 Å². The van der Waals surface area contributed by atoms with E-state index in [9.17, 15) is 0 Å². The molecule has 1 aromatic carbocycles. The van der Waals surface area contributed by atoms with E-state index in [1.165, 1.54) is 56.9 Å². The molecule has 1 aromatic rings. The lowest BCUT2D eigenvalue weighted by molar-refractivity contribution is -0.232. The zero-order valence-corrected chi connectivity index (χ0v) is 17.6. The molecule has 0 unspecified atom stereocenters. The molecule has 0 spiro atoms. The largest absolute Gasteiger partial charge is 0.366 e. The highest BCUT2D eigenvalue weighted by atomic mass is 16.7. The van der Waals surface area contributed by atoms with Crippen molar-refractivity contribution in [1.82, 2.24) is 0 Å². The molecule has 5 rings (SSSR count). The number of allylic oxidation sites excluding steroid dienone is 1. The Morgan fingerprint density at radius 1 is 1.00 bits per heavy atom. The van der Waals surface area contributed by atoms with Gasteiger partial charge in [0.2, 0.25) is 0 Å². The number of ether oxygens (including phenoxy) is 3. The molecular formula is C25H36O3. The lowest BCUT2D eigenvalue weighted by Gasteiger charge is -2.54. The van der Waals surface area contributed by atoms with Crippen LogP contribution in [0.1, 0.15) is 82.4 Å². The Balaban J connectivity index is 1.34. The smallest absolute Gasteiger partial charge is 0.181 e. The number of hydrogen-bond donors (Lipinski definition) is 0. The summed E-state index contributed by atoms with van der Waals surface area (Å²) in [4.78, 5) is 0. The van der Waals surface area contributed by atoms with Crippen molar-refractivity contribution >= 4 is 0 Å². The summed E-state index contributed by atoms with van der Waals surface area (Å²) >= 11 is 0. The first-order valence-corrected chi connectivity index (χ1v) is 11.3. The van der Waals surface area contributed by atoms with Crippen molar-refractivity contribution in [2.45, 2.75) is 83.0 Å². The summed E-state index contributed by atoms with van der Waals surface area (Å²) in [7, 11) is 0. The molecule has 0 aromatic heterocycles. The van der Waals surface area contributed by atoms with Crippen molar-refractivity contribution in [2.75, 3.05) is 19.8 Å². The summed E-state index contributed by atoms with van der Waals surface area (Å²) in [6.45, 7) is 5.96. The van der Waals surface area contributed by atoms with E-state index < -0.39 is 0 Å². The van der Waals surface area contributed by atoms with Gasteiger partial charge in [-0.2, -0.15) is 0 Å². The minimum Gasteiger partial charge on any atom is -0.366 e. The topological polar surface area (TPSA) is 27.7 Å². The molecule has 1 saturated heterocycles. The fourth-order valence-electron chi connectivity index (χ4n) is 5.69. The van der Waals surface area contributed by atoms with Gasteiger partial charge in [0.05, 0.1) is 19.8 Å². The Morgan fingerprint density at radius 3 is 2.29 bits per heavy atom.